The monoisotopic (exact) mass is 207 g/mol. The second-order valence-electron chi connectivity index (χ2n) is 3.65. The maximum absolute atomic E-state index is 11.3. The normalized spacial score (nSPS) is 20.6. The number of hydrogen-bond donors (Lipinski definition) is 0. The minimum atomic E-state index is -0.0336. The third-order valence-electron chi connectivity index (χ3n) is 2.57. The number of carbonyl (C=O) groups is 1. The van der Waals surface area contributed by atoms with Gasteiger partial charge in [-0.05, 0) is 19.4 Å². The van der Waals surface area contributed by atoms with Crippen molar-refractivity contribution in [1.82, 2.24) is 15.0 Å². The Balaban J connectivity index is 2.04. The largest absolute Gasteiger partial charge is 0.339 e. The highest BCUT2D eigenvalue weighted by molar-refractivity contribution is 5.87. The van der Waals surface area contributed by atoms with Gasteiger partial charge in [-0.3, -0.25) is 4.79 Å². The zero-order chi connectivity index (χ0) is 10.8. The highest BCUT2D eigenvalue weighted by Crippen LogP contribution is 2.25. The molecule has 0 spiro atoms. The minimum Gasteiger partial charge on any atom is -0.339 e. The van der Waals surface area contributed by atoms with E-state index in [9.17, 15) is 4.79 Å². The first-order chi connectivity index (χ1) is 7.20. The lowest BCUT2D eigenvalue weighted by atomic mass is 10.1. The number of aryl methyl sites for hydroxylation is 1. The molecule has 0 radical (unpaired) electrons. The Bertz CT molecular complexity index is 386. The molecule has 1 fully saturated rings. The fourth-order valence-corrected chi connectivity index (χ4v) is 1.77. The summed E-state index contributed by atoms with van der Waals surface area (Å²) in [5.41, 5.74) is 0. The van der Waals surface area contributed by atoms with E-state index in [-0.39, 0.29) is 11.8 Å². The fourth-order valence-electron chi connectivity index (χ4n) is 1.77. The smallest absolute Gasteiger partial charge is 0.245 e. The quantitative estimate of drug-likeness (QED) is 0.675. The summed E-state index contributed by atoms with van der Waals surface area (Å²) in [4.78, 5) is 17.3. The van der Waals surface area contributed by atoms with Gasteiger partial charge in [0.05, 0.1) is 5.92 Å². The van der Waals surface area contributed by atoms with Crippen LogP contribution in [0.3, 0.4) is 0 Å². The Hall–Kier alpha value is -1.65. The summed E-state index contributed by atoms with van der Waals surface area (Å²) in [7, 11) is 0. The van der Waals surface area contributed by atoms with Gasteiger partial charge in [0.15, 0.2) is 5.82 Å². The van der Waals surface area contributed by atoms with E-state index in [2.05, 4.69) is 16.7 Å². The SMILES string of the molecule is C=CC(=O)N1CCC(c2nc(C)no2)C1. The van der Waals surface area contributed by atoms with Crippen molar-refractivity contribution in [1.29, 1.82) is 0 Å². The standard InChI is InChI=1S/C10H13N3O2/c1-3-9(14)13-5-4-8(6-13)10-11-7(2)12-15-10/h3,8H,1,4-6H2,2H3. The molecule has 0 aliphatic carbocycles. The number of rotatable bonds is 2. The van der Waals surface area contributed by atoms with Crippen molar-refractivity contribution in [2.45, 2.75) is 19.3 Å². The fraction of sp³-hybridized carbons (Fsp3) is 0.500. The van der Waals surface area contributed by atoms with E-state index >= 15 is 0 Å². The lowest BCUT2D eigenvalue weighted by molar-refractivity contribution is -0.125. The second-order valence-corrected chi connectivity index (χ2v) is 3.65. The molecule has 1 aromatic rings. The van der Waals surface area contributed by atoms with Crippen LogP contribution in [0.4, 0.5) is 0 Å². The first-order valence-corrected chi connectivity index (χ1v) is 4.92. The molecule has 80 valence electrons. The van der Waals surface area contributed by atoms with Crippen molar-refractivity contribution < 1.29 is 9.32 Å². The van der Waals surface area contributed by atoms with Gasteiger partial charge in [0.2, 0.25) is 11.8 Å². The number of amides is 1. The molecule has 0 bridgehead atoms. The minimum absolute atomic E-state index is 0.0336. The molecule has 1 atom stereocenters. The van der Waals surface area contributed by atoms with Gasteiger partial charge in [0, 0.05) is 13.1 Å². The van der Waals surface area contributed by atoms with Crippen LogP contribution in [0.15, 0.2) is 17.2 Å². The zero-order valence-corrected chi connectivity index (χ0v) is 8.64. The molecule has 5 heteroatoms. The van der Waals surface area contributed by atoms with Crippen LogP contribution in [-0.4, -0.2) is 34.0 Å². The predicted molar refractivity (Wildman–Crippen MR) is 53.2 cm³/mol. The third-order valence-corrected chi connectivity index (χ3v) is 2.57. The van der Waals surface area contributed by atoms with Crippen molar-refractivity contribution in [3.05, 3.63) is 24.4 Å². The molecule has 1 unspecified atom stereocenters. The number of hydrogen-bond acceptors (Lipinski definition) is 4. The zero-order valence-electron chi connectivity index (χ0n) is 8.64. The Kier molecular flexibility index (Phi) is 2.53. The van der Waals surface area contributed by atoms with Crippen LogP contribution in [0.1, 0.15) is 24.1 Å². The molecule has 0 saturated carbocycles. The molecule has 2 rings (SSSR count). The number of likely N-dealkylation sites (tertiary alicyclic amines) is 1. The van der Waals surface area contributed by atoms with Crippen LogP contribution < -0.4 is 0 Å². The van der Waals surface area contributed by atoms with Crippen molar-refractivity contribution in [3.8, 4) is 0 Å². The molecule has 1 aromatic heterocycles. The molecule has 15 heavy (non-hydrogen) atoms. The van der Waals surface area contributed by atoms with Crippen LogP contribution >= 0.6 is 0 Å². The highest BCUT2D eigenvalue weighted by atomic mass is 16.5. The summed E-state index contributed by atoms with van der Waals surface area (Å²) < 4.78 is 5.09. The predicted octanol–water partition coefficient (Wildman–Crippen LogP) is 0.880. The average molecular weight is 207 g/mol. The van der Waals surface area contributed by atoms with E-state index in [0.717, 1.165) is 13.0 Å². The highest BCUT2D eigenvalue weighted by Gasteiger charge is 2.29. The van der Waals surface area contributed by atoms with Crippen LogP contribution in [0.25, 0.3) is 0 Å². The Morgan fingerprint density at radius 3 is 3.13 bits per heavy atom. The van der Waals surface area contributed by atoms with Crippen LogP contribution in [0.5, 0.6) is 0 Å². The molecular formula is C10H13N3O2. The summed E-state index contributed by atoms with van der Waals surface area (Å²) in [6, 6.07) is 0. The van der Waals surface area contributed by atoms with Crippen LogP contribution in [0, 0.1) is 6.92 Å². The van der Waals surface area contributed by atoms with E-state index in [1.54, 1.807) is 11.8 Å². The molecule has 2 heterocycles. The van der Waals surface area contributed by atoms with Crippen molar-refractivity contribution in [3.63, 3.8) is 0 Å². The van der Waals surface area contributed by atoms with Gasteiger partial charge in [-0.1, -0.05) is 11.7 Å². The number of carbonyl (C=O) groups excluding carboxylic acids is 1. The summed E-state index contributed by atoms with van der Waals surface area (Å²) in [5, 5.41) is 3.74. The molecule has 5 nitrogen and oxygen atoms in total. The second kappa shape index (κ2) is 3.84. The van der Waals surface area contributed by atoms with E-state index in [0.29, 0.717) is 18.3 Å². The van der Waals surface area contributed by atoms with Gasteiger partial charge in [-0.15, -0.1) is 0 Å². The molecule has 0 aromatic carbocycles. The molecule has 1 aliphatic rings. The van der Waals surface area contributed by atoms with Gasteiger partial charge < -0.3 is 9.42 Å². The summed E-state index contributed by atoms with van der Waals surface area (Å²) in [6.45, 7) is 6.63. The Morgan fingerprint density at radius 2 is 2.53 bits per heavy atom. The van der Waals surface area contributed by atoms with Crippen molar-refractivity contribution in [2.24, 2.45) is 0 Å². The van der Waals surface area contributed by atoms with E-state index in [4.69, 9.17) is 4.52 Å². The van der Waals surface area contributed by atoms with E-state index in [1.165, 1.54) is 6.08 Å². The maximum atomic E-state index is 11.3. The van der Waals surface area contributed by atoms with Gasteiger partial charge in [0.1, 0.15) is 0 Å². The first kappa shape index (κ1) is 9.89. The van der Waals surface area contributed by atoms with Crippen LogP contribution in [0.2, 0.25) is 0 Å². The topological polar surface area (TPSA) is 59.2 Å². The van der Waals surface area contributed by atoms with E-state index < -0.39 is 0 Å². The number of aromatic nitrogens is 2. The molecule has 1 aliphatic heterocycles. The maximum Gasteiger partial charge on any atom is 0.245 e. The lowest BCUT2D eigenvalue weighted by Crippen LogP contribution is -2.26. The van der Waals surface area contributed by atoms with Crippen molar-refractivity contribution in [2.75, 3.05) is 13.1 Å². The van der Waals surface area contributed by atoms with Crippen LogP contribution in [-0.2, 0) is 4.79 Å². The third kappa shape index (κ3) is 1.91. The Labute approximate surface area is 87.8 Å². The average Bonchev–Trinajstić information content (AvgIpc) is 2.84. The Morgan fingerprint density at radius 1 is 1.73 bits per heavy atom. The van der Waals surface area contributed by atoms with Crippen molar-refractivity contribution >= 4 is 5.91 Å². The van der Waals surface area contributed by atoms with E-state index in [1.807, 2.05) is 0 Å². The summed E-state index contributed by atoms with van der Waals surface area (Å²) in [5.74, 6) is 1.41. The first-order valence-electron chi connectivity index (χ1n) is 4.92. The lowest BCUT2D eigenvalue weighted by Gasteiger charge is -2.12. The molecular weight excluding hydrogens is 194 g/mol. The number of nitrogens with zero attached hydrogens (tertiary/aromatic N) is 3. The van der Waals surface area contributed by atoms with Gasteiger partial charge >= 0.3 is 0 Å². The molecule has 0 N–H and O–H groups in total. The van der Waals surface area contributed by atoms with Gasteiger partial charge in [0.25, 0.3) is 0 Å². The summed E-state index contributed by atoms with van der Waals surface area (Å²) in [6.07, 6.45) is 2.21. The summed E-state index contributed by atoms with van der Waals surface area (Å²) >= 11 is 0. The van der Waals surface area contributed by atoms with Gasteiger partial charge in [-0.2, -0.15) is 4.98 Å². The molecule has 1 saturated heterocycles. The van der Waals surface area contributed by atoms with Gasteiger partial charge in [-0.25, -0.2) is 0 Å². The molecule has 1 amide bonds.